The second-order valence-electron chi connectivity index (χ2n) is 5.19. The number of ketones is 2. The van der Waals surface area contributed by atoms with Gasteiger partial charge in [0.05, 0.1) is 0 Å². The minimum atomic E-state index is 0.289. The quantitative estimate of drug-likeness (QED) is 0.688. The molecule has 0 rings (SSSR count). The zero-order valence-corrected chi connectivity index (χ0v) is 11.8. The van der Waals surface area contributed by atoms with Crippen molar-refractivity contribution < 1.29 is 9.59 Å². The van der Waals surface area contributed by atoms with E-state index in [9.17, 15) is 9.59 Å². The first kappa shape index (κ1) is 17.7. The molecular formula is C14H28O2. The summed E-state index contributed by atoms with van der Waals surface area (Å²) in [5, 5.41) is 0. The van der Waals surface area contributed by atoms with Gasteiger partial charge in [0.1, 0.15) is 11.6 Å². The SMILES string of the molecule is CC(C)CC(=O)CC(C)C.CCCC(C)=O. The summed E-state index contributed by atoms with van der Waals surface area (Å²) in [6, 6.07) is 0. The van der Waals surface area contributed by atoms with Crippen molar-refractivity contribution in [1.29, 1.82) is 0 Å². The maximum absolute atomic E-state index is 11.1. The fourth-order valence-corrected chi connectivity index (χ4v) is 1.35. The van der Waals surface area contributed by atoms with Gasteiger partial charge >= 0.3 is 0 Å². The number of hydrogen-bond donors (Lipinski definition) is 0. The number of Topliss-reactive ketones (excluding diaryl/α,β-unsaturated/α-hetero) is 2. The van der Waals surface area contributed by atoms with Crippen LogP contribution in [-0.2, 0) is 9.59 Å². The monoisotopic (exact) mass is 228 g/mol. The second kappa shape index (κ2) is 10.8. The third-order valence-electron chi connectivity index (χ3n) is 1.87. The minimum absolute atomic E-state index is 0.289. The molecule has 0 aliphatic rings. The molecule has 0 aliphatic carbocycles. The molecule has 0 radical (unpaired) electrons. The molecule has 0 aromatic rings. The van der Waals surface area contributed by atoms with Crippen LogP contribution in [0.2, 0.25) is 0 Å². The van der Waals surface area contributed by atoms with Crippen molar-refractivity contribution in [2.24, 2.45) is 11.8 Å². The van der Waals surface area contributed by atoms with Gasteiger partial charge in [0.25, 0.3) is 0 Å². The van der Waals surface area contributed by atoms with Crippen molar-refractivity contribution in [2.45, 2.75) is 67.2 Å². The van der Waals surface area contributed by atoms with E-state index >= 15 is 0 Å². The molecule has 0 saturated carbocycles. The summed E-state index contributed by atoms with van der Waals surface area (Å²) in [5.41, 5.74) is 0. The van der Waals surface area contributed by atoms with Crippen molar-refractivity contribution in [3.05, 3.63) is 0 Å². The standard InChI is InChI=1S/C9H18O.C5H10O/c1-7(2)5-9(10)6-8(3)4;1-3-4-5(2)6/h7-8H,5-6H2,1-4H3;3-4H2,1-2H3. The van der Waals surface area contributed by atoms with Gasteiger partial charge in [-0.05, 0) is 25.2 Å². The predicted octanol–water partition coefficient (Wildman–Crippen LogP) is 4.02. The van der Waals surface area contributed by atoms with E-state index in [1.807, 2.05) is 6.92 Å². The molecule has 0 saturated heterocycles. The average molecular weight is 228 g/mol. The number of carbonyl (C=O) groups excluding carboxylic acids is 2. The van der Waals surface area contributed by atoms with Gasteiger partial charge in [0.15, 0.2) is 0 Å². The molecule has 0 fully saturated rings. The van der Waals surface area contributed by atoms with Crippen molar-refractivity contribution >= 4 is 11.6 Å². The highest BCUT2D eigenvalue weighted by atomic mass is 16.1. The van der Waals surface area contributed by atoms with Crippen LogP contribution in [0.4, 0.5) is 0 Å². The summed E-state index contributed by atoms with van der Waals surface area (Å²) in [4.78, 5) is 21.1. The maximum Gasteiger partial charge on any atom is 0.133 e. The highest BCUT2D eigenvalue weighted by Gasteiger charge is 2.06. The van der Waals surface area contributed by atoms with E-state index in [4.69, 9.17) is 0 Å². The summed E-state index contributed by atoms with van der Waals surface area (Å²) in [5.74, 6) is 1.74. The van der Waals surface area contributed by atoms with Crippen LogP contribution in [0.1, 0.15) is 67.2 Å². The van der Waals surface area contributed by atoms with Gasteiger partial charge in [-0.3, -0.25) is 4.79 Å². The van der Waals surface area contributed by atoms with E-state index in [2.05, 4.69) is 27.7 Å². The molecule has 0 heterocycles. The highest BCUT2D eigenvalue weighted by molar-refractivity contribution is 5.78. The van der Waals surface area contributed by atoms with E-state index in [-0.39, 0.29) is 5.78 Å². The van der Waals surface area contributed by atoms with Gasteiger partial charge in [-0.25, -0.2) is 0 Å². The Morgan fingerprint density at radius 1 is 0.938 bits per heavy atom. The Balaban J connectivity index is 0. The summed E-state index contributed by atoms with van der Waals surface area (Å²) < 4.78 is 0. The normalized spacial score (nSPS) is 10.0. The summed E-state index contributed by atoms with van der Waals surface area (Å²) in [6.07, 6.45) is 3.21. The molecule has 0 spiro atoms. The fourth-order valence-electron chi connectivity index (χ4n) is 1.35. The van der Waals surface area contributed by atoms with E-state index < -0.39 is 0 Å². The lowest BCUT2D eigenvalue weighted by atomic mass is 10.00. The van der Waals surface area contributed by atoms with Crippen LogP contribution in [0.25, 0.3) is 0 Å². The van der Waals surface area contributed by atoms with E-state index in [0.29, 0.717) is 17.6 Å². The smallest absolute Gasteiger partial charge is 0.133 e. The summed E-state index contributed by atoms with van der Waals surface area (Å²) >= 11 is 0. The Labute approximate surface area is 101 Å². The van der Waals surface area contributed by atoms with Crippen LogP contribution in [0, 0.1) is 11.8 Å². The lowest BCUT2D eigenvalue weighted by Gasteiger charge is -2.05. The third-order valence-corrected chi connectivity index (χ3v) is 1.87. The van der Waals surface area contributed by atoms with Crippen molar-refractivity contribution in [2.75, 3.05) is 0 Å². The molecule has 2 nitrogen and oxygen atoms in total. The number of rotatable bonds is 6. The fraction of sp³-hybridized carbons (Fsp3) is 0.857. The van der Waals surface area contributed by atoms with E-state index in [0.717, 1.165) is 25.7 Å². The zero-order chi connectivity index (χ0) is 13.1. The third kappa shape index (κ3) is 19.0. The zero-order valence-electron chi connectivity index (χ0n) is 11.8. The molecule has 0 bridgehead atoms. The minimum Gasteiger partial charge on any atom is -0.300 e. The highest BCUT2D eigenvalue weighted by Crippen LogP contribution is 2.07. The van der Waals surface area contributed by atoms with Crippen LogP contribution < -0.4 is 0 Å². The topological polar surface area (TPSA) is 34.1 Å². The van der Waals surface area contributed by atoms with E-state index in [1.165, 1.54) is 0 Å². The van der Waals surface area contributed by atoms with Crippen molar-refractivity contribution in [3.63, 3.8) is 0 Å². The van der Waals surface area contributed by atoms with Crippen LogP contribution in [0.5, 0.6) is 0 Å². The molecule has 0 amide bonds. The molecule has 0 aromatic carbocycles. The number of hydrogen-bond acceptors (Lipinski definition) is 2. The molecule has 96 valence electrons. The molecule has 0 aromatic heterocycles. The Morgan fingerprint density at radius 3 is 1.44 bits per heavy atom. The van der Waals surface area contributed by atoms with Crippen LogP contribution in [0.3, 0.4) is 0 Å². The van der Waals surface area contributed by atoms with Crippen molar-refractivity contribution in [1.82, 2.24) is 0 Å². The van der Waals surface area contributed by atoms with Gasteiger partial charge < -0.3 is 4.79 Å². The van der Waals surface area contributed by atoms with Crippen molar-refractivity contribution in [3.8, 4) is 0 Å². The van der Waals surface area contributed by atoms with Gasteiger partial charge in [0.2, 0.25) is 0 Å². The van der Waals surface area contributed by atoms with E-state index in [1.54, 1.807) is 6.92 Å². The molecule has 0 aliphatic heterocycles. The molecule has 0 atom stereocenters. The average Bonchev–Trinajstić information content (AvgIpc) is 2.00. The first-order valence-electron chi connectivity index (χ1n) is 6.30. The molecule has 16 heavy (non-hydrogen) atoms. The Kier molecular flexibility index (Phi) is 12.0. The summed E-state index contributed by atoms with van der Waals surface area (Å²) in [7, 11) is 0. The van der Waals surface area contributed by atoms with Crippen LogP contribution in [0.15, 0.2) is 0 Å². The van der Waals surface area contributed by atoms with Gasteiger partial charge in [-0.1, -0.05) is 34.6 Å². The van der Waals surface area contributed by atoms with Gasteiger partial charge in [-0.2, -0.15) is 0 Å². The lowest BCUT2D eigenvalue weighted by Crippen LogP contribution is -2.05. The Bertz CT molecular complexity index is 181. The lowest BCUT2D eigenvalue weighted by molar-refractivity contribution is -0.120. The first-order valence-corrected chi connectivity index (χ1v) is 6.30. The van der Waals surface area contributed by atoms with Crippen LogP contribution in [-0.4, -0.2) is 11.6 Å². The first-order chi connectivity index (χ1) is 7.29. The Morgan fingerprint density at radius 2 is 1.31 bits per heavy atom. The second-order valence-corrected chi connectivity index (χ2v) is 5.19. The predicted molar refractivity (Wildman–Crippen MR) is 69.5 cm³/mol. The molecule has 0 N–H and O–H groups in total. The molecule has 0 unspecified atom stereocenters. The number of carbonyl (C=O) groups is 2. The van der Waals surface area contributed by atoms with Gasteiger partial charge in [-0.15, -0.1) is 0 Å². The maximum atomic E-state index is 11.1. The largest absolute Gasteiger partial charge is 0.300 e. The molecule has 2 heteroatoms. The Hall–Kier alpha value is -0.660. The van der Waals surface area contributed by atoms with Crippen LogP contribution >= 0.6 is 0 Å². The molecular weight excluding hydrogens is 200 g/mol. The van der Waals surface area contributed by atoms with Gasteiger partial charge in [0, 0.05) is 19.3 Å². The summed E-state index contributed by atoms with van der Waals surface area (Å²) in [6.45, 7) is 11.9.